The molecule has 0 atom stereocenters. The van der Waals surface area contributed by atoms with Gasteiger partial charge in [-0.15, -0.1) is 0 Å². The Morgan fingerprint density at radius 2 is 1.96 bits per heavy atom. The average Bonchev–Trinajstić information content (AvgIpc) is 2.51. The van der Waals surface area contributed by atoms with Gasteiger partial charge in [0.15, 0.2) is 6.61 Å². The van der Waals surface area contributed by atoms with Crippen LogP contribution < -0.4 is 15.6 Å². The molecule has 0 aliphatic carbocycles. The zero-order chi connectivity index (χ0) is 16.8. The monoisotopic (exact) mass is 488 g/mol. The molecule has 2 amide bonds. The van der Waals surface area contributed by atoms with Gasteiger partial charge in [-0.05, 0) is 81.3 Å². The first-order chi connectivity index (χ1) is 11.0. The van der Waals surface area contributed by atoms with Crippen molar-refractivity contribution < 1.29 is 14.3 Å². The van der Waals surface area contributed by atoms with Crippen LogP contribution in [0.3, 0.4) is 0 Å². The van der Waals surface area contributed by atoms with E-state index < -0.39 is 5.91 Å². The SMILES string of the molecule is Cc1ccc(OCC(=O)NNC(=O)c2cccc(I)c2)c(Br)c1. The molecule has 0 bridgehead atoms. The third kappa shape index (κ3) is 5.51. The highest BCUT2D eigenvalue weighted by Crippen LogP contribution is 2.25. The van der Waals surface area contributed by atoms with Crippen molar-refractivity contribution in [1.82, 2.24) is 10.9 Å². The van der Waals surface area contributed by atoms with Crippen LogP contribution in [0.25, 0.3) is 0 Å². The van der Waals surface area contributed by atoms with Crippen molar-refractivity contribution >= 4 is 50.3 Å². The average molecular weight is 489 g/mol. The molecule has 0 radical (unpaired) electrons. The number of benzene rings is 2. The molecule has 0 saturated carbocycles. The summed E-state index contributed by atoms with van der Waals surface area (Å²) in [6, 6.07) is 12.6. The maximum absolute atomic E-state index is 11.9. The maximum atomic E-state index is 11.9. The van der Waals surface area contributed by atoms with Crippen LogP contribution >= 0.6 is 38.5 Å². The van der Waals surface area contributed by atoms with Crippen LogP contribution in [0.2, 0.25) is 0 Å². The highest BCUT2D eigenvalue weighted by molar-refractivity contribution is 14.1. The molecule has 23 heavy (non-hydrogen) atoms. The Kier molecular flexibility index (Phi) is 6.40. The van der Waals surface area contributed by atoms with Crippen LogP contribution in [0.4, 0.5) is 0 Å². The van der Waals surface area contributed by atoms with Gasteiger partial charge < -0.3 is 4.74 Å². The Bertz CT molecular complexity index is 737. The zero-order valence-electron chi connectivity index (χ0n) is 12.2. The molecule has 0 fully saturated rings. The smallest absolute Gasteiger partial charge is 0.276 e. The first-order valence-electron chi connectivity index (χ1n) is 6.69. The van der Waals surface area contributed by atoms with Crippen molar-refractivity contribution in [3.8, 4) is 5.75 Å². The van der Waals surface area contributed by atoms with Crippen LogP contribution in [0.15, 0.2) is 46.9 Å². The molecular formula is C16H14BrIN2O3. The van der Waals surface area contributed by atoms with Crippen LogP contribution in [-0.4, -0.2) is 18.4 Å². The van der Waals surface area contributed by atoms with Crippen molar-refractivity contribution in [2.24, 2.45) is 0 Å². The minimum Gasteiger partial charge on any atom is -0.483 e. The van der Waals surface area contributed by atoms with E-state index in [9.17, 15) is 9.59 Å². The molecule has 2 aromatic rings. The quantitative estimate of drug-likeness (QED) is 0.513. The molecule has 7 heteroatoms. The number of hydrazine groups is 1. The summed E-state index contributed by atoms with van der Waals surface area (Å²) in [5.41, 5.74) is 6.23. The topological polar surface area (TPSA) is 67.4 Å². The summed E-state index contributed by atoms with van der Waals surface area (Å²) < 4.78 is 7.11. The summed E-state index contributed by atoms with van der Waals surface area (Å²) in [4.78, 5) is 23.6. The molecular weight excluding hydrogens is 475 g/mol. The number of carbonyl (C=O) groups is 2. The molecule has 2 aromatic carbocycles. The fourth-order valence-electron chi connectivity index (χ4n) is 1.73. The van der Waals surface area contributed by atoms with Crippen molar-refractivity contribution in [3.05, 3.63) is 61.6 Å². The number of rotatable bonds is 4. The van der Waals surface area contributed by atoms with Gasteiger partial charge in [-0.25, -0.2) is 0 Å². The molecule has 120 valence electrons. The van der Waals surface area contributed by atoms with E-state index in [-0.39, 0.29) is 12.5 Å². The molecule has 0 unspecified atom stereocenters. The van der Waals surface area contributed by atoms with E-state index in [1.54, 1.807) is 24.3 Å². The van der Waals surface area contributed by atoms with Crippen LogP contribution in [-0.2, 0) is 4.79 Å². The summed E-state index contributed by atoms with van der Waals surface area (Å²) >= 11 is 5.48. The van der Waals surface area contributed by atoms with Crippen molar-refractivity contribution in [2.45, 2.75) is 6.92 Å². The Hall–Kier alpha value is -1.61. The van der Waals surface area contributed by atoms with E-state index in [1.165, 1.54) is 0 Å². The fraction of sp³-hybridized carbons (Fsp3) is 0.125. The number of aryl methyl sites for hydroxylation is 1. The lowest BCUT2D eigenvalue weighted by molar-refractivity contribution is -0.123. The molecule has 0 spiro atoms. The standard InChI is InChI=1S/C16H14BrIN2O3/c1-10-5-6-14(13(17)7-10)23-9-15(21)19-20-16(22)11-3-2-4-12(18)8-11/h2-8H,9H2,1H3,(H,19,21)(H,20,22). The molecule has 0 aromatic heterocycles. The highest BCUT2D eigenvalue weighted by atomic mass is 127. The van der Waals surface area contributed by atoms with E-state index in [0.717, 1.165) is 13.6 Å². The van der Waals surface area contributed by atoms with Gasteiger partial charge in [0.1, 0.15) is 5.75 Å². The van der Waals surface area contributed by atoms with Gasteiger partial charge in [0.25, 0.3) is 11.8 Å². The molecule has 0 aliphatic rings. The van der Waals surface area contributed by atoms with Gasteiger partial charge in [0.05, 0.1) is 4.47 Å². The van der Waals surface area contributed by atoms with Crippen LogP contribution in [0.5, 0.6) is 5.75 Å². The van der Waals surface area contributed by atoms with Crippen LogP contribution in [0.1, 0.15) is 15.9 Å². The third-order valence-electron chi connectivity index (χ3n) is 2.85. The van der Waals surface area contributed by atoms with Gasteiger partial charge in [-0.3, -0.25) is 20.4 Å². The lowest BCUT2D eigenvalue weighted by Crippen LogP contribution is -2.43. The minimum atomic E-state index is -0.448. The maximum Gasteiger partial charge on any atom is 0.276 e. The number of hydrogen-bond donors (Lipinski definition) is 2. The first-order valence-corrected chi connectivity index (χ1v) is 8.56. The Labute approximate surface area is 156 Å². The van der Waals surface area contributed by atoms with Crippen molar-refractivity contribution in [1.29, 1.82) is 0 Å². The Balaban J connectivity index is 1.82. The lowest BCUT2D eigenvalue weighted by atomic mass is 10.2. The predicted molar refractivity (Wildman–Crippen MR) is 99.1 cm³/mol. The lowest BCUT2D eigenvalue weighted by Gasteiger charge is -2.10. The molecule has 0 aliphatic heterocycles. The summed E-state index contributed by atoms with van der Waals surface area (Å²) in [7, 11) is 0. The molecule has 5 nitrogen and oxygen atoms in total. The third-order valence-corrected chi connectivity index (χ3v) is 4.14. The normalized spacial score (nSPS) is 10.0. The highest BCUT2D eigenvalue weighted by Gasteiger charge is 2.09. The fourth-order valence-corrected chi connectivity index (χ4v) is 2.88. The number of halogens is 2. The van der Waals surface area contributed by atoms with Gasteiger partial charge in [0, 0.05) is 9.13 Å². The van der Waals surface area contributed by atoms with E-state index >= 15 is 0 Å². The van der Waals surface area contributed by atoms with E-state index in [1.807, 2.05) is 25.1 Å². The van der Waals surface area contributed by atoms with E-state index in [2.05, 4.69) is 49.4 Å². The Morgan fingerprint density at radius 1 is 1.17 bits per heavy atom. The molecule has 2 rings (SSSR count). The van der Waals surface area contributed by atoms with E-state index in [4.69, 9.17) is 4.74 Å². The summed E-state index contributed by atoms with van der Waals surface area (Å²) in [6.45, 7) is 1.76. The molecule has 0 heterocycles. The second-order valence-electron chi connectivity index (χ2n) is 4.74. The van der Waals surface area contributed by atoms with Crippen LogP contribution in [0, 0.1) is 10.5 Å². The number of ether oxygens (including phenoxy) is 1. The van der Waals surface area contributed by atoms with Gasteiger partial charge in [-0.1, -0.05) is 12.1 Å². The van der Waals surface area contributed by atoms with Crippen molar-refractivity contribution in [3.63, 3.8) is 0 Å². The summed E-state index contributed by atoms with van der Waals surface area (Å²) in [6.07, 6.45) is 0. The van der Waals surface area contributed by atoms with Gasteiger partial charge in [0.2, 0.25) is 0 Å². The second kappa shape index (κ2) is 8.30. The summed E-state index contributed by atoms with van der Waals surface area (Å²) in [5.74, 6) is -0.264. The largest absolute Gasteiger partial charge is 0.483 e. The number of hydrogen-bond acceptors (Lipinski definition) is 3. The molecule has 2 N–H and O–H groups in total. The first kappa shape index (κ1) is 17.7. The zero-order valence-corrected chi connectivity index (χ0v) is 16.0. The summed E-state index contributed by atoms with van der Waals surface area (Å²) in [5, 5.41) is 0. The van der Waals surface area contributed by atoms with Gasteiger partial charge >= 0.3 is 0 Å². The van der Waals surface area contributed by atoms with Crippen molar-refractivity contribution in [2.75, 3.05) is 6.61 Å². The van der Waals surface area contributed by atoms with E-state index in [0.29, 0.717) is 11.3 Å². The number of nitrogens with one attached hydrogen (secondary N) is 2. The number of carbonyl (C=O) groups excluding carboxylic acids is 2. The predicted octanol–water partition coefficient (Wildman–Crippen LogP) is 3.20. The second-order valence-corrected chi connectivity index (χ2v) is 6.84. The molecule has 0 saturated heterocycles. The Morgan fingerprint density at radius 3 is 2.65 bits per heavy atom. The minimum absolute atomic E-state index is 0.200. The number of amides is 2. The van der Waals surface area contributed by atoms with Gasteiger partial charge in [-0.2, -0.15) is 0 Å².